The number of rotatable bonds is 4. The van der Waals surface area contributed by atoms with E-state index < -0.39 is 6.10 Å². The van der Waals surface area contributed by atoms with E-state index in [1.165, 1.54) is 0 Å². The number of aliphatic hydroxyl groups is 1. The molecule has 0 bridgehead atoms. The van der Waals surface area contributed by atoms with Gasteiger partial charge in [0.1, 0.15) is 0 Å². The van der Waals surface area contributed by atoms with Crippen LogP contribution < -0.4 is 0 Å². The van der Waals surface area contributed by atoms with E-state index in [4.69, 9.17) is 0 Å². The number of hydrogen-bond acceptors (Lipinski definition) is 4. The van der Waals surface area contributed by atoms with Crippen LogP contribution in [-0.4, -0.2) is 50.2 Å². The summed E-state index contributed by atoms with van der Waals surface area (Å²) < 4.78 is 1.69. The number of fused-ring (bicyclic) bond motifs is 1. The molecule has 2 heterocycles. The van der Waals surface area contributed by atoms with Crippen molar-refractivity contribution in [2.24, 2.45) is 0 Å². The maximum atomic E-state index is 12.4. The highest BCUT2D eigenvalue weighted by Gasteiger charge is 2.17. The quantitative estimate of drug-likeness (QED) is 0.910. The molecule has 6 heteroatoms. The SMILES string of the molecule is Cc1cc2ncc(C(=O)N(C)CCC(C)O)c(C)n2n1. The third-order valence-corrected chi connectivity index (χ3v) is 3.31. The minimum atomic E-state index is -0.416. The fourth-order valence-electron chi connectivity index (χ4n) is 2.06. The fourth-order valence-corrected chi connectivity index (χ4v) is 2.06. The summed E-state index contributed by atoms with van der Waals surface area (Å²) in [5.41, 5.74) is 2.92. The van der Waals surface area contributed by atoms with E-state index in [0.29, 0.717) is 18.5 Å². The van der Waals surface area contributed by atoms with Crippen LogP contribution in [0.5, 0.6) is 0 Å². The van der Waals surface area contributed by atoms with Crippen LogP contribution >= 0.6 is 0 Å². The second kappa shape index (κ2) is 5.58. The standard InChI is InChI=1S/C14H20N4O2/c1-9-7-13-15-8-12(11(3)18(13)16-9)14(20)17(4)6-5-10(2)19/h7-8,10,19H,5-6H2,1-4H3. The van der Waals surface area contributed by atoms with Crippen molar-refractivity contribution in [3.63, 3.8) is 0 Å². The Morgan fingerprint density at radius 1 is 1.50 bits per heavy atom. The van der Waals surface area contributed by atoms with Crippen LogP contribution in [0.15, 0.2) is 12.3 Å². The topological polar surface area (TPSA) is 70.7 Å². The van der Waals surface area contributed by atoms with Crippen LogP contribution in [0.1, 0.15) is 35.1 Å². The van der Waals surface area contributed by atoms with Crippen molar-refractivity contribution in [1.82, 2.24) is 19.5 Å². The highest BCUT2D eigenvalue weighted by molar-refractivity contribution is 5.95. The molecule has 108 valence electrons. The van der Waals surface area contributed by atoms with Crippen molar-refractivity contribution in [2.75, 3.05) is 13.6 Å². The molecule has 1 N–H and O–H groups in total. The molecule has 1 atom stereocenters. The molecule has 0 aliphatic heterocycles. The monoisotopic (exact) mass is 276 g/mol. The number of carbonyl (C=O) groups is 1. The lowest BCUT2D eigenvalue weighted by Crippen LogP contribution is -2.30. The summed E-state index contributed by atoms with van der Waals surface area (Å²) >= 11 is 0. The normalized spacial score (nSPS) is 12.7. The van der Waals surface area contributed by atoms with Crippen molar-refractivity contribution in [2.45, 2.75) is 33.3 Å². The molecule has 1 unspecified atom stereocenters. The first-order valence-corrected chi connectivity index (χ1v) is 6.65. The second-order valence-corrected chi connectivity index (χ2v) is 5.18. The average Bonchev–Trinajstić information content (AvgIpc) is 2.77. The molecular formula is C14H20N4O2. The Hall–Kier alpha value is -1.95. The van der Waals surface area contributed by atoms with Crippen LogP contribution in [-0.2, 0) is 0 Å². The predicted molar refractivity (Wildman–Crippen MR) is 75.7 cm³/mol. The molecule has 0 fully saturated rings. The largest absolute Gasteiger partial charge is 0.393 e. The van der Waals surface area contributed by atoms with Gasteiger partial charge in [0.2, 0.25) is 0 Å². The smallest absolute Gasteiger partial charge is 0.257 e. The van der Waals surface area contributed by atoms with Gasteiger partial charge in [-0.15, -0.1) is 0 Å². The van der Waals surface area contributed by atoms with Crippen molar-refractivity contribution in [1.29, 1.82) is 0 Å². The molecule has 0 aliphatic carbocycles. The summed E-state index contributed by atoms with van der Waals surface area (Å²) in [7, 11) is 1.72. The Morgan fingerprint density at radius 2 is 2.20 bits per heavy atom. The average molecular weight is 276 g/mol. The summed E-state index contributed by atoms with van der Waals surface area (Å²) in [4.78, 5) is 18.3. The minimum absolute atomic E-state index is 0.106. The van der Waals surface area contributed by atoms with Gasteiger partial charge in [0.25, 0.3) is 5.91 Å². The van der Waals surface area contributed by atoms with Crippen LogP contribution in [0.25, 0.3) is 5.65 Å². The summed E-state index contributed by atoms with van der Waals surface area (Å²) in [5.74, 6) is -0.106. The molecule has 20 heavy (non-hydrogen) atoms. The molecule has 2 aromatic heterocycles. The zero-order chi connectivity index (χ0) is 14.9. The van der Waals surface area contributed by atoms with E-state index in [2.05, 4.69) is 10.1 Å². The van der Waals surface area contributed by atoms with E-state index in [9.17, 15) is 9.90 Å². The fraction of sp³-hybridized carbons (Fsp3) is 0.500. The summed E-state index contributed by atoms with van der Waals surface area (Å²) in [6.45, 7) is 5.97. The Morgan fingerprint density at radius 3 is 2.85 bits per heavy atom. The molecule has 0 aliphatic rings. The maximum absolute atomic E-state index is 12.4. The lowest BCUT2D eigenvalue weighted by molar-refractivity contribution is 0.0767. The summed E-state index contributed by atoms with van der Waals surface area (Å²) in [6.07, 6.45) is 1.73. The van der Waals surface area contributed by atoms with Crippen LogP contribution in [0.4, 0.5) is 0 Å². The summed E-state index contributed by atoms with van der Waals surface area (Å²) in [5, 5.41) is 13.6. The number of aliphatic hydroxyl groups excluding tert-OH is 1. The molecule has 1 amide bonds. The van der Waals surface area contributed by atoms with Gasteiger partial charge in [-0.05, 0) is 27.2 Å². The van der Waals surface area contributed by atoms with Gasteiger partial charge in [-0.25, -0.2) is 9.50 Å². The third kappa shape index (κ3) is 2.80. The van der Waals surface area contributed by atoms with Crippen LogP contribution in [0.3, 0.4) is 0 Å². The van der Waals surface area contributed by atoms with Gasteiger partial charge >= 0.3 is 0 Å². The van der Waals surface area contributed by atoms with Gasteiger partial charge in [-0.1, -0.05) is 0 Å². The number of nitrogens with zero attached hydrogens (tertiary/aromatic N) is 4. The molecule has 0 saturated carbocycles. The first-order valence-electron chi connectivity index (χ1n) is 6.65. The Labute approximate surface area is 118 Å². The number of hydrogen-bond donors (Lipinski definition) is 1. The molecule has 0 spiro atoms. The molecule has 0 saturated heterocycles. The Balaban J connectivity index is 2.28. The first kappa shape index (κ1) is 14.5. The van der Waals surface area contributed by atoms with Gasteiger partial charge < -0.3 is 10.0 Å². The lowest BCUT2D eigenvalue weighted by Gasteiger charge is -2.19. The molecular weight excluding hydrogens is 256 g/mol. The van der Waals surface area contributed by atoms with E-state index >= 15 is 0 Å². The maximum Gasteiger partial charge on any atom is 0.257 e. The summed E-state index contributed by atoms with van der Waals surface area (Å²) in [6, 6.07) is 1.87. The zero-order valence-corrected chi connectivity index (χ0v) is 12.3. The Bertz CT molecular complexity index is 633. The third-order valence-electron chi connectivity index (χ3n) is 3.31. The number of carbonyl (C=O) groups excluding carboxylic acids is 1. The number of aromatic nitrogens is 3. The number of amides is 1. The molecule has 6 nitrogen and oxygen atoms in total. The van der Waals surface area contributed by atoms with Gasteiger partial charge in [0, 0.05) is 25.9 Å². The van der Waals surface area contributed by atoms with E-state index in [1.807, 2.05) is 19.9 Å². The van der Waals surface area contributed by atoms with E-state index in [-0.39, 0.29) is 5.91 Å². The van der Waals surface area contributed by atoms with Crippen molar-refractivity contribution < 1.29 is 9.90 Å². The second-order valence-electron chi connectivity index (χ2n) is 5.18. The molecule has 0 aromatic carbocycles. The highest BCUT2D eigenvalue weighted by Crippen LogP contribution is 2.13. The molecule has 2 aromatic rings. The van der Waals surface area contributed by atoms with Gasteiger partial charge in [0.05, 0.1) is 23.1 Å². The van der Waals surface area contributed by atoms with Crippen LogP contribution in [0, 0.1) is 13.8 Å². The van der Waals surface area contributed by atoms with Crippen molar-refractivity contribution >= 4 is 11.6 Å². The lowest BCUT2D eigenvalue weighted by atomic mass is 10.2. The van der Waals surface area contributed by atoms with Gasteiger partial charge in [-0.3, -0.25) is 4.79 Å². The number of aryl methyl sites for hydroxylation is 2. The predicted octanol–water partition coefficient (Wildman–Crippen LogP) is 1.19. The molecule has 0 radical (unpaired) electrons. The van der Waals surface area contributed by atoms with Gasteiger partial charge in [0.15, 0.2) is 5.65 Å². The molecule has 2 rings (SSSR count). The first-order chi connectivity index (χ1) is 9.40. The van der Waals surface area contributed by atoms with E-state index in [0.717, 1.165) is 17.0 Å². The highest BCUT2D eigenvalue weighted by atomic mass is 16.3. The minimum Gasteiger partial charge on any atom is -0.393 e. The zero-order valence-electron chi connectivity index (χ0n) is 12.3. The van der Waals surface area contributed by atoms with Crippen molar-refractivity contribution in [3.05, 3.63) is 29.2 Å². The van der Waals surface area contributed by atoms with E-state index in [1.54, 1.807) is 29.6 Å². The van der Waals surface area contributed by atoms with Gasteiger partial charge in [-0.2, -0.15) is 5.10 Å². The van der Waals surface area contributed by atoms with Crippen LogP contribution in [0.2, 0.25) is 0 Å². The van der Waals surface area contributed by atoms with Crippen molar-refractivity contribution in [3.8, 4) is 0 Å². The Kier molecular flexibility index (Phi) is 4.04.